The van der Waals surface area contributed by atoms with Crippen LogP contribution in [0.15, 0.2) is 24.7 Å². The van der Waals surface area contributed by atoms with E-state index in [9.17, 15) is 4.39 Å². The second kappa shape index (κ2) is 4.18. The summed E-state index contributed by atoms with van der Waals surface area (Å²) in [6.45, 7) is 3.69. The molecule has 16 heavy (non-hydrogen) atoms. The third kappa shape index (κ3) is 1.91. The molecular weight excluding hydrogens is 227 g/mol. The lowest BCUT2D eigenvalue weighted by Crippen LogP contribution is -1.93. The van der Waals surface area contributed by atoms with E-state index in [1.165, 1.54) is 18.6 Å². The molecule has 0 bridgehead atoms. The van der Waals surface area contributed by atoms with Crippen molar-refractivity contribution >= 4 is 11.6 Å². The van der Waals surface area contributed by atoms with Gasteiger partial charge in [-0.05, 0) is 31.0 Å². The summed E-state index contributed by atoms with van der Waals surface area (Å²) in [7, 11) is 0. The van der Waals surface area contributed by atoms with Crippen molar-refractivity contribution in [2.45, 2.75) is 13.8 Å². The summed E-state index contributed by atoms with van der Waals surface area (Å²) in [6.07, 6.45) is 2.86. The Labute approximate surface area is 98.1 Å². The summed E-state index contributed by atoms with van der Waals surface area (Å²) >= 11 is 5.92. The first-order chi connectivity index (χ1) is 7.59. The van der Waals surface area contributed by atoms with Gasteiger partial charge in [-0.2, -0.15) is 0 Å². The maximum Gasteiger partial charge on any atom is 0.140 e. The number of aromatic nitrogens is 2. The molecule has 4 heteroatoms. The summed E-state index contributed by atoms with van der Waals surface area (Å²) in [5, 5.41) is 0.265. The van der Waals surface area contributed by atoms with Gasteiger partial charge < -0.3 is 0 Å². The minimum atomic E-state index is -0.297. The van der Waals surface area contributed by atoms with Crippen molar-refractivity contribution in [1.29, 1.82) is 0 Å². The van der Waals surface area contributed by atoms with Gasteiger partial charge in [-0.25, -0.2) is 14.4 Å². The van der Waals surface area contributed by atoms with E-state index in [0.717, 1.165) is 11.1 Å². The predicted octanol–water partition coefficient (Wildman–Crippen LogP) is 3.55. The molecule has 82 valence electrons. The predicted molar refractivity (Wildman–Crippen MR) is 61.9 cm³/mol. The van der Waals surface area contributed by atoms with E-state index < -0.39 is 0 Å². The maximum absolute atomic E-state index is 13.9. The third-order valence-corrected chi connectivity index (χ3v) is 2.67. The van der Waals surface area contributed by atoms with Crippen LogP contribution < -0.4 is 0 Å². The number of hydrogen-bond acceptors (Lipinski definition) is 2. The highest BCUT2D eigenvalue weighted by Gasteiger charge is 2.13. The number of halogens is 2. The second-order valence-electron chi connectivity index (χ2n) is 3.67. The zero-order chi connectivity index (χ0) is 11.7. The molecule has 0 aliphatic rings. The molecule has 2 nitrogen and oxygen atoms in total. The molecule has 2 rings (SSSR count). The lowest BCUT2D eigenvalue weighted by molar-refractivity contribution is 0.629. The number of benzene rings is 1. The quantitative estimate of drug-likeness (QED) is 0.708. The molecule has 0 atom stereocenters. The molecule has 0 saturated carbocycles. The van der Waals surface area contributed by atoms with Crippen molar-refractivity contribution in [1.82, 2.24) is 9.97 Å². The second-order valence-corrected chi connectivity index (χ2v) is 4.02. The zero-order valence-corrected chi connectivity index (χ0v) is 9.72. The van der Waals surface area contributed by atoms with Crippen molar-refractivity contribution in [3.05, 3.63) is 46.8 Å². The molecule has 2 aromatic rings. The van der Waals surface area contributed by atoms with Crippen molar-refractivity contribution in [2.75, 3.05) is 0 Å². The van der Waals surface area contributed by atoms with Crippen LogP contribution in [0.3, 0.4) is 0 Å². The molecule has 0 radical (unpaired) electrons. The first-order valence-corrected chi connectivity index (χ1v) is 5.20. The first-order valence-electron chi connectivity index (χ1n) is 4.82. The third-order valence-electron chi connectivity index (χ3n) is 2.36. The van der Waals surface area contributed by atoms with Crippen LogP contribution in [0.5, 0.6) is 0 Å². The molecule has 0 aliphatic carbocycles. The highest BCUT2D eigenvalue weighted by Crippen LogP contribution is 2.31. The molecule has 0 saturated heterocycles. The highest BCUT2D eigenvalue weighted by molar-refractivity contribution is 6.32. The average Bonchev–Trinajstić information content (AvgIpc) is 2.19. The van der Waals surface area contributed by atoms with Crippen LogP contribution in [0.1, 0.15) is 11.1 Å². The fourth-order valence-electron chi connectivity index (χ4n) is 1.74. The molecule has 0 unspecified atom stereocenters. The van der Waals surface area contributed by atoms with E-state index in [4.69, 9.17) is 11.6 Å². The van der Waals surface area contributed by atoms with Crippen molar-refractivity contribution in [2.24, 2.45) is 0 Å². The van der Waals surface area contributed by atoms with E-state index >= 15 is 0 Å². The summed E-state index contributed by atoms with van der Waals surface area (Å²) in [4.78, 5) is 7.71. The molecule has 1 aromatic heterocycles. The minimum absolute atomic E-state index is 0.265. The SMILES string of the molecule is Cc1cc(C)c(-c2cncnc2Cl)c(F)c1. The maximum atomic E-state index is 13.9. The topological polar surface area (TPSA) is 25.8 Å². The average molecular weight is 237 g/mol. The zero-order valence-electron chi connectivity index (χ0n) is 8.96. The Bertz CT molecular complexity index is 517. The fraction of sp³-hybridized carbons (Fsp3) is 0.167. The van der Waals surface area contributed by atoms with Gasteiger partial charge in [0.1, 0.15) is 17.3 Å². The monoisotopic (exact) mass is 236 g/mol. The van der Waals surface area contributed by atoms with Gasteiger partial charge in [0.2, 0.25) is 0 Å². The Balaban J connectivity index is 2.70. The van der Waals surface area contributed by atoms with Gasteiger partial charge in [-0.1, -0.05) is 17.7 Å². The summed E-state index contributed by atoms with van der Waals surface area (Å²) in [5.41, 5.74) is 2.70. The van der Waals surface area contributed by atoms with Gasteiger partial charge in [0.05, 0.1) is 0 Å². The largest absolute Gasteiger partial charge is 0.244 e. The van der Waals surface area contributed by atoms with Crippen LogP contribution in [0.4, 0.5) is 4.39 Å². The van der Waals surface area contributed by atoms with Crippen LogP contribution >= 0.6 is 11.6 Å². The van der Waals surface area contributed by atoms with Gasteiger partial charge >= 0.3 is 0 Å². The molecule has 0 amide bonds. The van der Waals surface area contributed by atoms with Crippen LogP contribution in [-0.4, -0.2) is 9.97 Å². The van der Waals surface area contributed by atoms with Gasteiger partial charge in [-0.15, -0.1) is 0 Å². The van der Waals surface area contributed by atoms with Crippen molar-refractivity contribution in [3.63, 3.8) is 0 Å². The summed E-state index contributed by atoms with van der Waals surface area (Å²) < 4.78 is 13.9. The molecule has 0 spiro atoms. The van der Waals surface area contributed by atoms with Crippen molar-refractivity contribution < 1.29 is 4.39 Å². The van der Waals surface area contributed by atoms with Crippen LogP contribution in [-0.2, 0) is 0 Å². The smallest absolute Gasteiger partial charge is 0.140 e. The van der Waals surface area contributed by atoms with E-state index in [2.05, 4.69) is 9.97 Å². The van der Waals surface area contributed by atoms with Crippen LogP contribution in [0.2, 0.25) is 5.15 Å². The van der Waals surface area contributed by atoms with Crippen LogP contribution in [0, 0.1) is 19.7 Å². The Hall–Kier alpha value is -1.48. The van der Waals surface area contributed by atoms with Gasteiger partial charge in [0.25, 0.3) is 0 Å². The first kappa shape index (κ1) is 11.0. The van der Waals surface area contributed by atoms with E-state index in [-0.39, 0.29) is 11.0 Å². The highest BCUT2D eigenvalue weighted by atomic mass is 35.5. The van der Waals surface area contributed by atoms with E-state index in [0.29, 0.717) is 11.1 Å². The summed E-state index contributed by atoms with van der Waals surface area (Å²) in [5.74, 6) is -0.297. The normalized spacial score (nSPS) is 10.5. The molecular formula is C12H10ClFN2. The lowest BCUT2D eigenvalue weighted by Gasteiger charge is -2.09. The number of rotatable bonds is 1. The molecule has 0 fully saturated rings. The Morgan fingerprint density at radius 3 is 2.62 bits per heavy atom. The van der Waals surface area contributed by atoms with Gasteiger partial charge in [0, 0.05) is 17.3 Å². The number of aryl methyl sites for hydroxylation is 2. The standard InChI is InChI=1S/C12H10ClFN2/c1-7-3-8(2)11(10(14)4-7)9-5-15-6-16-12(9)13/h3-6H,1-2H3. The number of hydrogen-bond donors (Lipinski definition) is 0. The molecule has 0 N–H and O–H groups in total. The Morgan fingerprint density at radius 2 is 2.00 bits per heavy atom. The Morgan fingerprint density at radius 1 is 1.25 bits per heavy atom. The van der Waals surface area contributed by atoms with Crippen molar-refractivity contribution in [3.8, 4) is 11.1 Å². The van der Waals surface area contributed by atoms with E-state index in [1.807, 2.05) is 19.9 Å². The molecule has 1 aromatic carbocycles. The molecule has 1 heterocycles. The van der Waals surface area contributed by atoms with E-state index in [1.54, 1.807) is 0 Å². The van der Waals surface area contributed by atoms with Gasteiger partial charge in [0.15, 0.2) is 0 Å². The molecule has 0 aliphatic heterocycles. The fourth-order valence-corrected chi connectivity index (χ4v) is 1.93. The summed E-state index contributed by atoms with van der Waals surface area (Å²) in [6, 6.07) is 3.38. The number of nitrogens with zero attached hydrogens (tertiary/aromatic N) is 2. The Kier molecular flexibility index (Phi) is 2.88. The minimum Gasteiger partial charge on any atom is -0.244 e. The lowest BCUT2D eigenvalue weighted by atomic mass is 10.0. The van der Waals surface area contributed by atoms with Gasteiger partial charge in [-0.3, -0.25) is 0 Å². The van der Waals surface area contributed by atoms with Crippen LogP contribution in [0.25, 0.3) is 11.1 Å².